The lowest BCUT2D eigenvalue weighted by Gasteiger charge is -2.20. The molecular weight excluding hydrogens is 491 g/mol. The third kappa shape index (κ3) is 4.50. The van der Waals surface area contributed by atoms with Crippen LogP contribution in [0.4, 0.5) is 0 Å². The van der Waals surface area contributed by atoms with E-state index >= 15 is 0 Å². The number of rotatable bonds is 5. The van der Waals surface area contributed by atoms with E-state index in [0.717, 1.165) is 16.7 Å². The minimum absolute atomic E-state index is 0.0383. The number of hydrogen-bond acceptors (Lipinski definition) is 5. The van der Waals surface area contributed by atoms with Crippen LogP contribution in [0.5, 0.6) is 5.75 Å². The summed E-state index contributed by atoms with van der Waals surface area (Å²) in [4.78, 5) is 16.8. The summed E-state index contributed by atoms with van der Waals surface area (Å²) in [6, 6.07) is 22.0. The van der Waals surface area contributed by atoms with Crippen molar-refractivity contribution < 1.29 is 9.53 Å². The van der Waals surface area contributed by atoms with Crippen molar-refractivity contribution >= 4 is 63.0 Å². The Bertz CT molecular complexity index is 1400. The molecule has 34 heavy (non-hydrogen) atoms. The Labute approximate surface area is 210 Å². The van der Waals surface area contributed by atoms with Gasteiger partial charge in [-0.2, -0.15) is 15.1 Å². The fraction of sp³-hybridized carbons (Fsp3) is 0.0400. The number of benzene rings is 3. The van der Waals surface area contributed by atoms with Gasteiger partial charge in [0.1, 0.15) is 17.4 Å². The zero-order valence-corrected chi connectivity index (χ0v) is 19.9. The van der Waals surface area contributed by atoms with Gasteiger partial charge in [-0.1, -0.05) is 71.7 Å². The molecule has 168 valence electrons. The van der Waals surface area contributed by atoms with E-state index in [4.69, 9.17) is 33.3 Å². The number of carbonyl (C=O) groups is 1. The Kier molecular flexibility index (Phi) is 6.24. The fourth-order valence-electron chi connectivity index (χ4n) is 3.34. The highest BCUT2D eigenvalue weighted by molar-refractivity contribution is 8.27. The van der Waals surface area contributed by atoms with Crippen LogP contribution in [0, 0.1) is 5.41 Å². The van der Waals surface area contributed by atoms with E-state index in [-0.39, 0.29) is 11.4 Å². The number of amides is 1. The van der Waals surface area contributed by atoms with E-state index in [2.05, 4.69) is 10.1 Å². The van der Waals surface area contributed by atoms with Crippen molar-refractivity contribution in [1.82, 2.24) is 5.01 Å². The maximum absolute atomic E-state index is 12.7. The van der Waals surface area contributed by atoms with Gasteiger partial charge in [0.2, 0.25) is 5.17 Å². The molecule has 0 spiro atoms. The Morgan fingerprint density at radius 2 is 1.68 bits per heavy atom. The highest BCUT2D eigenvalue weighted by atomic mass is 35.5. The Morgan fingerprint density at radius 3 is 2.41 bits per heavy atom. The lowest BCUT2D eigenvalue weighted by atomic mass is 10.1. The second-order valence-electron chi connectivity index (χ2n) is 7.35. The summed E-state index contributed by atoms with van der Waals surface area (Å²) < 4.78 is 5.80. The molecule has 3 aromatic carbocycles. The van der Waals surface area contributed by atoms with Gasteiger partial charge in [-0.15, -0.1) is 0 Å². The predicted octanol–water partition coefficient (Wildman–Crippen LogP) is 6.24. The van der Waals surface area contributed by atoms with Gasteiger partial charge in [-0.25, -0.2) is 0 Å². The van der Waals surface area contributed by atoms with Crippen LogP contribution in [0.2, 0.25) is 10.0 Å². The lowest BCUT2D eigenvalue weighted by molar-refractivity contribution is -0.114. The SMILES string of the molecule is N=C1C(=Cc2ccc(OCc3ccccc3Cl)cc2)C(=O)N=C2SC(c3ccccc3Cl)=NN12. The summed E-state index contributed by atoms with van der Waals surface area (Å²) in [5.41, 5.74) is 2.51. The van der Waals surface area contributed by atoms with E-state index in [1.165, 1.54) is 16.8 Å². The van der Waals surface area contributed by atoms with Crippen LogP contribution in [0.1, 0.15) is 16.7 Å². The molecule has 2 aliphatic rings. The number of carbonyl (C=O) groups excluding carboxylic acids is 1. The van der Waals surface area contributed by atoms with Gasteiger partial charge in [0.05, 0.1) is 10.6 Å². The minimum Gasteiger partial charge on any atom is -0.489 e. The molecule has 9 heteroatoms. The van der Waals surface area contributed by atoms with E-state index in [9.17, 15) is 4.79 Å². The first kappa shape index (κ1) is 22.4. The molecule has 0 bridgehead atoms. The largest absolute Gasteiger partial charge is 0.489 e. The number of ether oxygens (including phenoxy) is 1. The van der Waals surface area contributed by atoms with Crippen molar-refractivity contribution in [3.05, 3.63) is 105 Å². The fourth-order valence-corrected chi connectivity index (χ4v) is 4.74. The van der Waals surface area contributed by atoms with Crippen LogP contribution in [0.3, 0.4) is 0 Å². The highest BCUT2D eigenvalue weighted by Gasteiger charge is 2.36. The number of hydrazone groups is 1. The van der Waals surface area contributed by atoms with Crippen molar-refractivity contribution in [2.24, 2.45) is 10.1 Å². The second kappa shape index (κ2) is 9.46. The average molecular weight is 507 g/mol. The molecule has 0 fully saturated rings. The van der Waals surface area contributed by atoms with Crippen molar-refractivity contribution in [2.75, 3.05) is 0 Å². The maximum Gasteiger partial charge on any atom is 0.283 e. The van der Waals surface area contributed by atoms with Crippen molar-refractivity contribution in [3.63, 3.8) is 0 Å². The zero-order valence-electron chi connectivity index (χ0n) is 17.5. The molecule has 0 aliphatic carbocycles. The number of amidine groups is 2. The summed E-state index contributed by atoms with van der Waals surface area (Å²) in [6.45, 7) is 0.346. The zero-order chi connectivity index (χ0) is 23.7. The van der Waals surface area contributed by atoms with Gasteiger partial charge in [0.15, 0.2) is 5.84 Å². The van der Waals surface area contributed by atoms with Crippen molar-refractivity contribution in [1.29, 1.82) is 5.41 Å². The third-order valence-corrected chi connectivity index (χ3v) is 6.74. The second-order valence-corrected chi connectivity index (χ2v) is 9.12. The summed E-state index contributed by atoms with van der Waals surface area (Å²) in [5, 5.41) is 16.5. The maximum atomic E-state index is 12.7. The summed E-state index contributed by atoms with van der Waals surface area (Å²) >= 11 is 13.7. The molecule has 2 aliphatic heterocycles. The third-order valence-electron chi connectivity index (χ3n) is 5.10. The highest BCUT2D eigenvalue weighted by Crippen LogP contribution is 2.33. The Hall–Kier alpha value is -3.39. The molecule has 0 saturated heterocycles. The monoisotopic (exact) mass is 506 g/mol. The molecule has 1 N–H and O–H groups in total. The van der Waals surface area contributed by atoms with Gasteiger partial charge in [-0.05, 0) is 47.7 Å². The van der Waals surface area contributed by atoms with Gasteiger partial charge in [0.25, 0.3) is 5.91 Å². The first-order valence-electron chi connectivity index (χ1n) is 10.2. The number of thioether (sulfide) groups is 1. The lowest BCUT2D eigenvalue weighted by Crippen LogP contribution is -2.35. The van der Waals surface area contributed by atoms with Crippen LogP contribution in [0.15, 0.2) is 88.5 Å². The van der Waals surface area contributed by atoms with Gasteiger partial charge >= 0.3 is 0 Å². The number of nitrogens with one attached hydrogen (secondary N) is 1. The number of fused-ring (bicyclic) bond motifs is 1. The summed E-state index contributed by atoms with van der Waals surface area (Å²) in [7, 11) is 0. The first-order chi connectivity index (χ1) is 16.5. The molecule has 0 saturated carbocycles. The smallest absolute Gasteiger partial charge is 0.283 e. The molecule has 5 rings (SSSR count). The van der Waals surface area contributed by atoms with E-state index < -0.39 is 5.91 Å². The first-order valence-corrected chi connectivity index (χ1v) is 11.8. The molecule has 2 heterocycles. The normalized spacial score (nSPS) is 16.4. The van der Waals surface area contributed by atoms with Crippen LogP contribution in [-0.4, -0.2) is 27.0 Å². The van der Waals surface area contributed by atoms with Crippen LogP contribution in [-0.2, 0) is 11.4 Å². The number of aliphatic imine (C=N–C) groups is 1. The molecule has 0 radical (unpaired) electrons. The molecule has 0 atom stereocenters. The quantitative estimate of drug-likeness (QED) is 0.415. The van der Waals surface area contributed by atoms with E-state index in [1.807, 2.05) is 54.6 Å². The number of hydrogen-bond donors (Lipinski definition) is 1. The molecule has 6 nitrogen and oxygen atoms in total. The summed E-state index contributed by atoms with van der Waals surface area (Å²) in [5.74, 6) is 0.138. The minimum atomic E-state index is -0.488. The van der Waals surface area contributed by atoms with Crippen molar-refractivity contribution in [3.8, 4) is 5.75 Å². The van der Waals surface area contributed by atoms with E-state index in [1.54, 1.807) is 24.3 Å². The van der Waals surface area contributed by atoms with Crippen molar-refractivity contribution in [2.45, 2.75) is 6.61 Å². The Morgan fingerprint density at radius 1 is 0.971 bits per heavy atom. The number of halogens is 2. The van der Waals surface area contributed by atoms with Crippen LogP contribution >= 0.6 is 35.0 Å². The molecule has 0 aromatic heterocycles. The standard InChI is InChI=1S/C25H16Cl2N4O2S/c26-20-7-3-1-5-16(20)14-33-17-11-9-15(10-12-17)13-19-22(28)31-25(29-23(19)32)34-24(30-31)18-6-2-4-8-21(18)27/h1-13,28H,14H2. The molecular formula is C25H16Cl2N4O2S. The topological polar surface area (TPSA) is 78.1 Å². The van der Waals surface area contributed by atoms with Gasteiger partial charge in [-0.3, -0.25) is 10.2 Å². The predicted molar refractivity (Wildman–Crippen MR) is 138 cm³/mol. The molecule has 0 unspecified atom stereocenters. The average Bonchev–Trinajstić information content (AvgIpc) is 3.26. The van der Waals surface area contributed by atoms with Gasteiger partial charge in [0, 0.05) is 16.1 Å². The molecule has 3 aromatic rings. The van der Waals surface area contributed by atoms with E-state index in [0.29, 0.717) is 32.6 Å². The van der Waals surface area contributed by atoms with Crippen LogP contribution < -0.4 is 4.74 Å². The molecule has 1 amide bonds. The summed E-state index contributed by atoms with van der Waals surface area (Å²) in [6.07, 6.45) is 1.62. The van der Waals surface area contributed by atoms with Gasteiger partial charge < -0.3 is 4.74 Å². The van der Waals surface area contributed by atoms with Crippen LogP contribution in [0.25, 0.3) is 6.08 Å². The number of nitrogens with zero attached hydrogens (tertiary/aromatic N) is 3. The Balaban J connectivity index is 1.33.